The van der Waals surface area contributed by atoms with Crippen molar-refractivity contribution in [1.82, 2.24) is 15.0 Å². The number of rotatable bonds is 4. The summed E-state index contributed by atoms with van der Waals surface area (Å²) in [6, 6.07) is 7.93. The van der Waals surface area contributed by atoms with Crippen molar-refractivity contribution in [2.75, 3.05) is 0 Å². The molecule has 1 aromatic heterocycles. The van der Waals surface area contributed by atoms with Crippen molar-refractivity contribution < 1.29 is 13.7 Å². The van der Waals surface area contributed by atoms with Gasteiger partial charge >= 0.3 is 7.12 Å². The lowest BCUT2D eigenvalue weighted by atomic mass is 9.87. The molecular formula is C18H23BFN3O2. The van der Waals surface area contributed by atoms with Crippen LogP contribution in [0.4, 0.5) is 4.39 Å². The number of nitrogens with zero attached hydrogens (tertiary/aromatic N) is 3. The fraction of sp³-hybridized carbons (Fsp3) is 0.444. The van der Waals surface area contributed by atoms with Crippen molar-refractivity contribution in [3.63, 3.8) is 0 Å². The predicted octanol–water partition coefficient (Wildman–Crippen LogP) is 3.77. The highest BCUT2D eigenvalue weighted by Gasteiger charge is 2.53. The molecule has 0 unspecified atom stereocenters. The molecule has 0 amide bonds. The molecule has 2 heterocycles. The van der Waals surface area contributed by atoms with Crippen LogP contribution in [0.5, 0.6) is 0 Å². The molecule has 25 heavy (non-hydrogen) atoms. The third-order valence-electron chi connectivity index (χ3n) is 4.89. The predicted molar refractivity (Wildman–Crippen MR) is 95.9 cm³/mol. The first kappa shape index (κ1) is 17.8. The Hall–Kier alpha value is -1.99. The van der Waals surface area contributed by atoms with Gasteiger partial charge in [0.2, 0.25) is 0 Å². The van der Waals surface area contributed by atoms with Gasteiger partial charge in [0.25, 0.3) is 0 Å². The summed E-state index contributed by atoms with van der Waals surface area (Å²) in [6.45, 7) is 9.63. The highest BCUT2D eigenvalue weighted by atomic mass is 19.1. The third-order valence-corrected chi connectivity index (χ3v) is 4.89. The Bertz CT molecular complexity index is 785. The van der Waals surface area contributed by atoms with Crippen LogP contribution < -0.4 is 0 Å². The standard InChI is InChI=1S/C18H23BFN3O2/c1-6-13-9-7-8-10-15(13)23-12-14(21-22-23)11-16(20)19-24-17(2,3)18(4,5)25-19/h7-12H,6H2,1-5H3. The Labute approximate surface area is 148 Å². The molecule has 0 radical (unpaired) electrons. The molecule has 1 aromatic carbocycles. The van der Waals surface area contributed by atoms with Crippen LogP contribution >= 0.6 is 0 Å². The van der Waals surface area contributed by atoms with Gasteiger partial charge in [-0.25, -0.2) is 9.07 Å². The second-order valence-corrected chi connectivity index (χ2v) is 7.19. The Kier molecular flexibility index (Phi) is 4.55. The first-order valence-corrected chi connectivity index (χ1v) is 8.47. The topological polar surface area (TPSA) is 49.2 Å². The van der Waals surface area contributed by atoms with E-state index in [1.54, 1.807) is 10.9 Å². The molecule has 3 rings (SSSR count). The molecule has 0 saturated carbocycles. The van der Waals surface area contributed by atoms with Gasteiger partial charge in [-0.2, -0.15) is 0 Å². The van der Waals surface area contributed by atoms with Gasteiger partial charge in [-0.15, -0.1) is 5.10 Å². The lowest BCUT2D eigenvalue weighted by molar-refractivity contribution is 0.00578. The minimum absolute atomic E-state index is 0.415. The minimum atomic E-state index is -1.03. The Balaban J connectivity index is 1.83. The van der Waals surface area contributed by atoms with E-state index in [2.05, 4.69) is 17.2 Å². The molecule has 0 spiro atoms. The number of benzene rings is 1. The van der Waals surface area contributed by atoms with Crippen LogP contribution in [0.2, 0.25) is 0 Å². The molecule has 1 aliphatic heterocycles. The summed E-state index contributed by atoms with van der Waals surface area (Å²) in [5, 5.41) is 8.14. The van der Waals surface area contributed by atoms with Crippen LogP contribution in [0.15, 0.2) is 36.2 Å². The van der Waals surface area contributed by atoms with Gasteiger partial charge in [-0.05, 0) is 51.8 Å². The molecule has 5 nitrogen and oxygen atoms in total. The molecule has 1 fully saturated rings. The fourth-order valence-electron chi connectivity index (χ4n) is 2.66. The molecule has 7 heteroatoms. The van der Waals surface area contributed by atoms with Crippen molar-refractivity contribution in [1.29, 1.82) is 0 Å². The summed E-state index contributed by atoms with van der Waals surface area (Å²) in [5.41, 5.74) is 0.816. The second-order valence-electron chi connectivity index (χ2n) is 7.19. The number of aryl methyl sites for hydroxylation is 1. The lowest BCUT2D eigenvalue weighted by Crippen LogP contribution is -2.41. The van der Waals surface area contributed by atoms with E-state index < -0.39 is 24.0 Å². The van der Waals surface area contributed by atoms with E-state index in [4.69, 9.17) is 9.31 Å². The maximum atomic E-state index is 14.6. The van der Waals surface area contributed by atoms with Gasteiger partial charge in [0.15, 0.2) is 0 Å². The maximum Gasteiger partial charge on any atom is 0.525 e. The van der Waals surface area contributed by atoms with Gasteiger partial charge < -0.3 is 9.31 Å². The summed E-state index contributed by atoms with van der Waals surface area (Å²) in [6.07, 6.45) is 3.88. The van der Waals surface area contributed by atoms with Crippen molar-refractivity contribution in [3.05, 3.63) is 47.4 Å². The average molecular weight is 343 g/mol. The zero-order chi connectivity index (χ0) is 18.2. The summed E-state index contributed by atoms with van der Waals surface area (Å²) in [4.78, 5) is 0. The van der Waals surface area contributed by atoms with E-state index in [-0.39, 0.29) is 0 Å². The molecule has 0 N–H and O–H groups in total. The Morgan fingerprint density at radius 1 is 1.20 bits per heavy atom. The first-order chi connectivity index (χ1) is 11.7. The molecule has 132 valence electrons. The molecule has 1 aliphatic rings. The quantitative estimate of drug-likeness (QED) is 0.793. The number of hydrogen-bond donors (Lipinski definition) is 0. The lowest BCUT2D eigenvalue weighted by Gasteiger charge is -2.32. The van der Waals surface area contributed by atoms with Gasteiger partial charge in [0, 0.05) is 0 Å². The molecular weight excluding hydrogens is 320 g/mol. The van der Waals surface area contributed by atoms with E-state index in [1.165, 1.54) is 6.08 Å². The van der Waals surface area contributed by atoms with Gasteiger partial charge in [-0.3, -0.25) is 0 Å². The van der Waals surface area contributed by atoms with Crippen LogP contribution in [0.1, 0.15) is 45.9 Å². The van der Waals surface area contributed by atoms with Gasteiger partial charge in [0.1, 0.15) is 11.4 Å². The van der Waals surface area contributed by atoms with Crippen molar-refractivity contribution in [2.45, 2.75) is 52.2 Å². The van der Waals surface area contributed by atoms with Crippen LogP contribution in [0.3, 0.4) is 0 Å². The van der Waals surface area contributed by atoms with E-state index in [0.717, 1.165) is 17.7 Å². The number of halogens is 1. The number of para-hydroxylation sites is 1. The van der Waals surface area contributed by atoms with Crippen LogP contribution in [-0.2, 0) is 15.7 Å². The van der Waals surface area contributed by atoms with E-state index >= 15 is 0 Å². The highest BCUT2D eigenvalue weighted by molar-refractivity contribution is 6.54. The first-order valence-electron chi connectivity index (χ1n) is 8.47. The molecule has 2 aromatic rings. The monoisotopic (exact) mass is 343 g/mol. The molecule has 1 saturated heterocycles. The zero-order valence-electron chi connectivity index (χ0n) is 15.3. The largest absolute Gasteiger partial charge is 0.525 e. The smallest absolute Gasteiger partial charge is 0.398 e. The minimum Gasteiger partial charge on any atom is -0.398 e. The average Bonchev–Trinajstić information content (AvgIpc) is 3.09. The van der Waals surface area contributed by atoms with Gasteiger partial charge in [-0.1, -0.05) is 30.3 Å². The van der Waals surface area contributed by atoms with Gasteiger partial charge in [0.05, 0.1) is 23.1 Å². The van der Waals surface area contributed by atoms with Crippen LogP contribution in [-0.4, -0.2) is 33.3 Å². The third kappa shape index (κ3) is 3.39. The molecule has 0 atom stereocenters. The SMILES string of the molecule is CCc1ccccc1-n1cc(C=C(F)B2OC(C)(C)C(C)(C)O2)nn1. The molecule has 0 bridgehead atoms. The summed E-state index contributed by atoms with van der Waals surface area (Å²) in [7, 11) is -1.03. The van der Waals surface area contributed by atoms with E-state index in [9.17, 15) is 4.39 Å². The molecule has 0 aliphatic carbocycles. The van der Waals surface area contributed by atoms with E-state index in [0.29, 0.717) is 5.69 Å². The second kappa shape index (κ2) is 6.39. The van der Waals surface area contributed by atoms with Crippen molar-refractivity contribution >= 4 is 13.2 Å². The zero-order valence-corrected chi connectivity index (χ0v) is 15.3. The van der Waals surface area contributed by atoms with E-state index in [1.807, 2.05) is 52.0 Å². The Morgan fingerprint density at radius 2 is 1.84 bits per heavy atom. The van der Waals surface area contributed by atoms with Crippen molar-refractivity contribution in [3.8, 4) is 5.69 Å². The normalized spacial score (nSPS) is 19.4. The maximum absolute atomic E-state index is 14.6. The highest BCUT2D eigenvalue weighted by Crippen LogP contribution is 2.39. The summed E-state index contributed by atoms with van der Waals surface area (Å²) >= 11 is 0. The van der Waals surface area contributed by atoms with Crippen LogP contribution in [0.25, 0.3) is 11.8 Å². The fourth-order valence-corrected chi connectivity index (χ4v) is 2.66. The Morgan fingerprint density at radius 3 is 2.48 bits per heavy atom. The summed E-state index contributed by atoms with van der Waals surface area (Å²) in [5.74, 6) is 0. The number of hydrogen-bond acceptors (Lipinski definition) is 4. The summed E-state index contributed by atoms with van der Waals surface area (Å²) < 4.78 is 27.6. The number of aromatic nitrogens is 3. The van der Waals surface area contributed by atoms with Crippen LogP contribution in [0, 0.1) is 0 Å². The van der Waals surface area contributed by atoms with Crippen molar-refractivity contribution in [2.24, 2.45) is 0 Å².